The minimum atomic E-state index is -3.50. The lowest BCUT2D eigenvalue weighted by atomic mass is 10.1. The van der Waals surface area contributed by atoms with Crippen LogP contribution in [0.1, 0.15) is 16.8 Å². The van der Waals surface area contributed by atoms with Gasteiger partial charge in [-0.1, -0.05) is 42.5 Å². The molecule has 10 heteroatoms. The van der Waals surface area contributed by atoms with Crippen molar-refractivity contribution in [1.82, 2.24) is 24.1 Å². The van der Waals surface area contributed by atoms with Crippen LogP contribution in [0.5, 0.6) is 0 Å². The van der Waals surface area contributed by atoms with Gasteiger partial charge in [0.05, 0.1) is 12.6 Å². The third-order valence-corrected chi connectivity index (χ3v) is 8.73. The first kappa shape index (κ1) is 27.4. The summed E-state index contributed by atoms with van der Waals surface area (Å²) in [5.74, 6) is -0.256. The lowest BCUT2D eigenvalue weighted by Gasteiger charge is -2.39. The van der Waals surface area contributed by atoms with Crippen molar-refractivity contribution in [3.63, 3.8) is 0 Å². The van der Waals surface area contributed by atoms with Gasteiger partial charge in [-0.05, 0) is 35.9 Å². The molecule has 1 saturated heterocycles. The first-order valence-corrected chi connectivity index (χ1v) is 15.5. The smallest absolute Gasteiger partial charge is 0.239 e. The number of rotatable bonds is 11. The fourth-order valence-electron chi connectivity index (χ4n) is 4.63. The topological polar surface area (TPSA) is 87.5 Å². The monoisotopic (exact) mass is 541 g/mol. The van der Waals surface area contributed by atoms with E-state index >= 15 is 0 Å². The maximum Gasteiger partial charge on any atom is 0.239 e. The third kappa shape index (κ3) is 7.67. The standard InChI is InChI=1S/C27H35N5O3S2/c1-36-25-10-8-23(9-11-25)19-31-21-28-18-24(31)12-14-29-27(33)26-20-30(16-17-32(26)37(2,34)35)15-13-22-6-4-3-5-7-22/h3-11,18,21,26H,12-17,19-20H2,1-2H3,(H,29,33). The van der Waals surface area contributed by atoms with Crippen LogP contribution in [-0.4, -0.2) is 84.4 Å². The van der Waals surface area contributed by atoms with Crippen molar-refractivity contribution >= 4 is 27.7 Å². The van der Waals surface area contributed by atoms with Gasteiger partial charge in [0.15, 0.2) is 0 Å². The first-order valence-electron chi connectivity index (χ1n) is 12.5. The van der Waals surface area contributed by atoms with Gasteiger partial charge in [-0.3, -0.25) is 9.69 Å². The molecule has 0 radical (unpaired) electrons. The lowest BCUT2D eigenvalue weighted by Crippen LogP contribution is -2.60. The lowest BCUT2D eigenvalue weighted by molar-refractivity contribution is -0.126. The molecule has 1 N–H and O–H groups in total. The highest BCUT2D eigenvalue weighted by Crippen LogP contribution is 2.17. The van der Waals surface area contributed by atoms with E-state index < -0.39 is 16.1 Å². The second kappa shape index (κ2) is 12.7. The maximum atomic E-state index is 13.2. The number of piperazine rings is 1. The number of amides is 1. The minimum absolute atomic E-state index is 0.256. The molecule has 2 aromatic carbocycles. The largest absolute Gasteiger partial charge is 0.354 e. The van der Waals surface area contributed by atoms with E-state index in [2.05, 4.69) is 62.4 Å². The van der Waals surface area contributed by atoms with E-state index in [-0.39, 0.29) is 5.91 Å². The SMILES string of the molecule is CSc1ccc(Cn2cncc2CCNC(=O)C2CN(CCc3ccccc3)CCN2S(C)(=O)=O)cc1. The molecule has 1 aliphatic rings. The predicted molar refractivity (Wildman–Crippen MR) is 148 cm³/mol. The number of nitrogens with zero attached hydrogens (tertiary/aromatic N) is 4. The van der Waals surface area contributed by atoms with E-state index in [1.54, 1.807) is 18.1 Å². The Bertz CT molecular complexity index is 1260. The number of carbonyl (C=O) groups is 1. The fourth-order valence-corrected chi connectivity index (χ4v) is 6.07. The second-order valence-corrected chi connectivity index (χ2v) is 12.1. The Hall–Kier alpha value is -2.66. The van der Waals surface area contributed by atoms with Crippen molar-refractivity contribution in [3.05, 3.63) is 83.9 Å². The molecule has 8 nitrogen and oxygen atoms in total. The molecule has 1 fully saturated rings. The molecule has 1 aliphatic heterocycles. The number of sulfonamides is 1. The van der Waals surface area contributed by atoms with Gasteiger partial charge in [-0.25, -0.2) is 13.4 Å². The van der Waals surface area contributed by atoms with Gasteiger partial charge in [-0.15, -0.1) is 11.8 Å². The highest BCUT2D eigenvalue weighted by atomic mass is 32.2. The second-order valence-electron chi connectivity index (χ2n) is 9.33. The molecular weight excluding hydrogens is 506 g/mol. The van der Waals surface area contributed by atoms with Crippen molar-refractivity contribution in [3.8, 4) is 0 Å². The zero-order valence-corrected chi connectivity index (χ0v) is 23.0. The highest BCUT2D eigenvalue weighted by Gasteiger charge is 2.37. The van der Waals surface area contributed by atoms with Crippen molar-refractivity contribution in [1.29, 1.82) is 0 Å². The quantitative estimate of drug-likeness (QED) is 0.376. The summed E-state index contributed by atoms with van der Waals surface area (Å²) in [4.78, 5) is 20.9. The Morgan fingerprint density at radius 1 is 1.05 bits per heavy atom. The van der Waals surface area contributed by atoms with E-state index in [1.165, 1.54) is 26.6 Å². The van der Waals surface area contributed by atoms with Crippen LogP contribution >= 0.6 is 11.8 Å². The van der Waals surface area contributed by atoms with Gasteiger partial charge in [0.2, 0.25) is 15.9 Å². The van der Waals surface area contributed by atoms with E-state index in [0.29, 0.717) is 39.1 Å². The van der Waals surface area contributed by atoms with Crippen LogP contribution in [0.3, 0.4) is 0 Å². The summed E-state index contributed by atoms with van der Waals surface area (Å²) in [5, 5.41) is 2.98. The number of imidazole rings is 1. The number of hydrogen-bond donors (Lipinski definition) is 1. The minimum Gasteiger partial charge on any atom is -0.354 e. The molecule has 1 unspecified atom stereocenters. The summed E-state index contributed by atoms with van der Waals surface area (Å²) in [6.45, 7) is 3.21. The molecule has 2 heterocycles. The van der Waals surface area contributed by atoms with Crippen molar-refractivity contribution in [2.24, 2.45) is 0 Å². The Balaban J connectivity index is 1.33. The van der Waals surface area contributed by atoms with Crippen LogP contribution in [0.4, 0.5) is 0 Å². The molecule has 1 aromatic heterocycles. The predicted octanol–water partition coefficient (Wildman–Crippen LogP) is 2.50. The third-order valence-electron chi connectivity index (χ3n) is 6.69. The average Bonchev–Trinajstić information content (AvgIpc) is 3.34. The van der Waals surface area contributed by atoms with Gasteiger partial charge in [-0.2, -0.15) is 4.31 Å². The van der Waals surface area contributed by atoms with Gasteiger partial charge < -0.3 is 9.88 Å². The number of aromatic nitrogens is 2. The Kier molecular flexibility index (Phi) is 9.42. The Labute approximate surface area is 224 Å². The van der Waals surface area contributed by atoms with E-state index in [9.17, 15) is 13.2 Å². The molecule has 3 aromatic rings. The van der Waals surface area contributed by atoms with Crippen LogP contribution in [0.25, 0.3) is 0 Å². The molecule has 37 heavy (non-hydrogen) atoms. The normalized spacial score (nSPS) is 17.1. The molecular formula is C27H35N5O3S2. The Morgan fingerprint density at radius 2 is 1.81 bits per heavy atom. The van der Waals surface area contributed by atoms with Crippen LogP contribution < -0.4 is 5.32 Å². The molecule has 0 bridgehead atoms. The van der Waals surface area contributed by atoms with E-state index in [4.69, 9.17) is 0 Å². The molecule has 4 rings (SSSR count). The van der Waals surface area contributed by atoms with Crippen LogP contribution in [0.15, 0.2) is 72.0 Å². The van der Waals surface area contributed by atoms with Gasteiger partial charge in [0.1, 0.15) is 6.04 Å². The molecule has 198 valence electrons. The number of thioether (sulfide) groups is 1. The number of nitrogens with one attached hydrogen (secondary N) is 1. The van der Waals surface area contributed by atoms with Crippen LogP contribution in [0.2, 0.25) is 0 Å². The van der Waals surface area contributed by atoms with Gasteiger partial charge in [0, 0.05) is 62.5 Å². The number of benzene rings is 2. The summed E-state index contributed by atoms with van der Waals surface area (Å²) in [6, 6.07) is 17.9. The maximum absolute atomic E-state index is 13.2. The number of hydrogen-bond acceptors (Lipinski definition) is 6. The zero-order chi connectivity index (χ0) is 26.3. The van der Waals surface area contributed by atoms with E-state index in [1.807, 2.05) is 24.4 Å². The van der Waals surface area contributed by atoms with Crippen LogP contribution in [-0.2, 0) is 34.2 Å². The summed E-state index contributed by atoms with van der Waals surface area (Å²) in [6.07, 6.45) is 8.32. The average molecular weight is 542 g/mol. The summed E-state index contributed by atoms with van der Waals surface area (Å²) < 4.78 is 28.3. The summed E-state index contributed by atoms with van der Waals surface area (Å²) >= 11 is 1.71. The zero-order valence-electron chi connectivity index (χ0n) is 21.4. The molecule has 0 aliphatic carbocycles. The van der Waals surface area contributed by atoms with E-state index in [0.717, 1.165) is 18.7 Å². The molecule has 1 atom stereocenters. The molecule has 1 amide bonds. The number of carbonyl (C=O) groups excluding carboxylic acids is 1. The van der Waals surface area contributed by atoms with Crippen LogP contribution in [0, 0.1) is 0 Å². The summed E-state index contributed by atoms with van der Waals surface area (Å²) in [7, 11) is -3.50. The highest BCUT2D eigenvalue weighted by molar-refractivity contribution is 7.98. The fraction of sp³-hybridized carbons (Fsp3) is 0.407. The molecule has 0 saturated carbocycles. The van der Waals surface area contributed by atoms with Gasteiger partial charge >= 0.3 is 0 Å². The van der Waals surface area contributed by atoms with Gasteiger partial charge in [0.25, 0.3) is 0 Å². The van der Waals surface area contributed by atoms with Crippen molar-refractivity contribution < 1.29 is 13.2 Å². The Morgan fingerprint density at radius 3 is 2.51 bits per heavy atom. The van der Waals surface area contributed by atoms with Crippen molar-refractivity contribution in [2.75, 3.05) is 45.2 Å². The summed E-state index contributed by atoms with van der Waals surface area (Å²) in [5.41, 5.74) is 3.43. The molecule has 0 spiro atoms. The van der Waals surface area contributed by atoms with Crippen molar-refractivity contribution in [2.45, 2.75) is 30.3 Å². The first-order chi connectivity index (χ1) is 17.8.